The molecule has 11 nitrogen and oxygen atoms in total. The smallest absolute Gasteiger partial charge is 0.318 e. The molecule has 1 N–H and O–H groups in total. The zero-order valence-electron chi connectivity index (χ0n) is 23.8. The first-order chi connectivity index (χ1) is 19.6. The van der Waals surface area contributed by atoms with Crippen LogP contribution in [-0.4, -0.2) is 28.5 Å². The molecule has 0 aromatic heterocycles. The quantitative estimate of drug-likeness (QED) is 0.277. The molecule has 2 aliphatic carbocycles. The number of nitro benzene ring substituents is 2. The number of rotatable bonds is 6. The highest BCUT2D eigenvalue weighted by Crippen LogP contribution is 2.53. The molecule has 0 spiro atoms. The van der Waals surface area contributed by atoms with E-state index in [0.29, 0.717) is 42.4 Å². The average Bonchev–Trinajstić information content (AvgIpc) is 2.86. The zero-order chi connectivity index (χ0) is 30.7. The summed E-state index contributed by atoms with van der Waals surface area (Å²) in [5.41, 5.74) is 1.58. The molecule has 3 aliphatic rings. The molecule has 1 aliphatic heterocycles. The molecule has 12 heteroatoms. The maximum atomic E-state index is 13.6. The number of dihydropyridines is 1. The molecule has 5 rings (SSSR count). The summed E-state index contributed by atoms with van der Waals surface area (Å²) in [6.45, 7) is 8.15. The summed E-state index contributed by atoms with van der Waals surface area (Å²) < 4.78 is 11.4. The van der Waals surface area contributed by atoms with Crippen LogP contribution in [0.4, 0.5) is 11.4 Å². The number of allylic oxidation sites excluding steroid dienone is 4. The van der Waals surface area contributed by atoms with Crippen LogP contribution in [0.3, 0.4) is 0 Å². The number of non-ortho nitro benzene ring substituents is 1. The maximum Gasteiger partial charge on any atom is 0.318 e. The molecule has 0 amide bonds. The van der Waals surface area contributed by atoms with E-state index < -0.39 is 27.1 Å². The summed E-state index contributed by atoms with van der Waals surface area (Å²) >= 11 is 6.71. The summed E-state index contributed by atoms with van der Waals surface area (Å²) in [6, 6.07) is 6.19. The van der Waals surface area contributed by atoms with Crippen molar-refractivity contribution >= 4 is 34.5 Å². The Kier molecular flexibility index (Phi) is 7.13. The van der Waals surface area contributed by atoms with Crippen LogP contribution in [0.1, 0.15) is 64.9 Å². The fraction of sp³-hybridized carbons (Fsp3) is 0.400. The van der Waals surface area contributed by atoms with Gasteiger partial charge in [-0.2, -0.15) is 0 Å². The molecule has 0 unspecified atom stereocenters. The molecule has 2 aromatic carbocycles. The predicted molar refractivity (Wildman–Crippen MR) is 154 cm³/mol. The Hall–Kier alpha value is -4.25. The summed E-state index contributed by atoms with van der Waals surface area (Å²) in [7, 11) is 1.37. The van der Waals surface area contributed by atoms with Gasteiger partial charge in [-0.25, -0.2) is 0 Å². The molecule has 0 saturated carbocycles. The van der Waals surface area contributed by atoms with Crippen LogP contribution < -0.4 is 14.8 Å². The molecular formula is C30H30ClN3O8. The van der Waals surface area contributed by atoms with Gasteiger partial charge in [-0.05, 0) is 47.4 Å². The van der Waals surface area contributed by atoms with Crippen LogP contribution >= 0.6 is 11.6 Å². The molecule has 220 valence electrons. The number of methoxy groups -OCH3 is 1. The van der Waals surface area contributed by atoms with E-state index in [2.05, 4.69) is 5.32 Å². The van der Waals surface area contributed by atoms with Crippen molar-refractivity contribution in [3.05, 3.63) is 83.7 Å². The number of nitrogens with zero attached hydrogens (tertiary/aromatic N) is 2. The highest BCUT2D eigenvalue weighted by atomic mass is 35.5. The van der Waals surface area contributed by atoms with Crippen LogP contribution in [0, 0.1) is 31.1 Å². The third-order valence-electron chi connectivity index (χ3n) is 7.87. The number of nitro groups is 2. The normalized spacial score (nSPS) is 19.6. The fourth-order valence-corrected chi connectivity index (χ4v) is 6.44. The number of halogens is 1. The van der Waals surface area contributed by atoms with Gasteiger partial charge in [0.15, 0.2) is 23.1 Å². The van der Waals surface area contributed by atoms with Gasteiger partial charge in [0.1, 0.15) is 0 Å². The first-order valence-electron chi connectivity index (χ1n) is 13.4. The Bertz CT molecular complexity index is 1590. The van der Waals surface area contributed by atoms with Crippen molar-refractivity contribution in [1.29, 1.82) is 0 Å². The number of hydrogen-bond acceptors (Lipinski definition) is 9. The van der Waals surface area contributed by atoms with Gasteiger partial charge >= 0.3 is 5.69 Å². The first-order valence-corrected chi connectivity index (χ1v) is 13.8. The van der Waals surface area contributed by atoms with Gasteiger partial charge in [-0.3, -0.25) is 29.8 Å². The van der Waals surface area contributed by atoms with Crippen molar-refractivity contribution in [1.82, 2.24) is 5.32 Å². The number of nitrogens with one attached hydrogen (secondary N) is 1. The highest BCUT2D eigenvalue weighted by molar-refractivity contribution is 6.32. The molecular weight excluding hydrogens is 566 g/mol. The van der Waals surface area contributed by atoms with Gasteiger partial charge in [-0.1, -0.05) is 39.3 Å². The van der Waals surface area contributed by atoms with E-state index in [9.17, 15) is 29.8 Å². The molecule has 0 atom stereocenters. The van der Waals surface area contributed by atoms with Gasteiger partial charge in [0, 0.05) is 47.4 Å². The largest absolute Gasteiger partial charge is 0.493 e. The van der Waals surface area contributed by atoms with E-state index in [1.807, 2.05) is 27.7 Å². The number of Topliss-reactive ketones (excluding diaryl/α,β-unsaturated/α-hetero) is 2. The first kappa shape index (κ1) is 29.2. The number of hydrogen-bond donors (Lipinski definition) is 1. The summed E-state index contributed by atoms with van der Waals surface area (Å²) in [5.74, 6) is -1.01. The van der Waals surface area contributed by atoms with Crippen LogP contribution in [-0.2, 0) is 9.59 Å². The lowest BCUT2D eigenvalue weighted by atomic mass is 9.64. The molecule has 2 aromatic rings. The van der Waals surface area contributed by atoms with Crippen molar-refractivity contribution in [3.63, 3.8) is 0 Å². The number of carbonyl (C=O) groups excluding carboxylic acids is 2. The third kappa shape index (κ3) is 5.24. The number of ether oxygens (including phenoxy) is 2. The summed E-state index contributed by atoms with van der Waals surface area (Å²) in [4.78, 5) is 48.5. The minimum atomic E-state index is -0.791. The lowest BCUT2D eigenvalue weighted by Gasteiger charge is -2.44. The Morgan fingerprint density at radius 3 is 1.93 bits per heavy atom. The monoisotopic (exact) mass is 595 g/mol. The van der Waals surface area contributed by atoms with Gasteiger partial charge in [0.2, 0.25) is 5.75 Å². The van der Waals surface area contributed by atoms with Crippen LogP contribution in [0.15, 0.2) is 52.9 Å². The van der Waals surface area contributed by atoms with Crippen molar-refractivity contribution in [2.75, 3.05) is 7.11 Å². The van der Waals surface area contributed by atoms with Crippen molar-refractivity contribution in [3.8, 4) is 17.2 Å². The van der Waals surface area contributed by atoms with Gasteiger partial charge in [-0.15, -0.1) is 0 Å². The maximum absolute atomic E-state index is 13.6. The highest BCUT2D eigenvalue weighted by Gasteiger charge is 2.46. The van der Waals surface area contributed by atoms with Crippen LogP contribution in [0.25, 0.3) is 0 Å². The zero-order valence-corrected chi connectivity index (χ0v) is 24.6. The van der Waals surface area contributed by atoms with Gasteiger partial charge < -0.3 is 14.8 Å². The Labute approximate surface area is 246 Å². The summed E-state index contributed by atoms with van der Waals surface area (Å²) in [6.07, 6.45) is 1.90. The van der Waals surface area contributed by atoms with E-state index in [1.54, 1.807) is 12.1 Å². The van der Waals surface area contributed by atoms with Crippen molar-refractivity contribution < 1.29 is 28.9 Å². The second kappa shape index (κ2) is 10.2. The molecule has 0 radical (unpaired) electrons. The van der Waals surface area contributed by atoms with Crippen LogP contribution in [0.5, 0.6) is 17.2 Å². The van der Waals surface area contributed by atoms with E-state index >= 15 is 0 Å². The van der Waals surface area contributed by atoms with Crippen LogP contribution in [0.2, 0.25) is 5.02 Å². The fourth-order valence-electron chi connectivity index (χ4n) is 6.19. The number of carbonyl (C=O) groups is 2. The molecule has 42 heavy (non-hydrogen) atoms. The second-order valence-corrected chi connectivity index (χ2v) is 12.9. The van der Waals surface area contributed by atoms with E-state index in [4.69, 9.17) is 21.1 Å². The summed E-state index contributed by atoms with van der Waals surface area (Å²) in [5, 5.41) is 26.3. The van der Waals surface area contributed by atoms with Gasteiger partial charge in [0.05, 0.1) is 28.0 Å². The standard InChI is InChI=1S/C30H30ClN3O8/c1-29(2)11-18-26(21(35)13-29)25(27-19(32-18)12-30(3,4)14-22(27)36)15-8-17(31)28(24(9-15)41-5)42-23-7-6-16(33(37)38)10-20(23)34(39)40/h6-10,25,32H,11-14H2,1-5H3. The predicted octanol–water partition coefficient (Wildman–Crippen LogP) is 6.93. The number of ketones is 2. The van der Waals surface area contributed by atoms with Crippen molar-refractivity contribution in [2.45, 2.75) is 59.3 Å². The third-order valence-corrected chi connectivity index (χ3v) is 8.15. The molecule has 0 saturated heterocycles. The van der Waals surface area contributed by atoms with Gasteiger partial charge in [0.25, 0.3) is 5.69 Å². The minimum absolute atomic E-state index is 0.0204. The average molecular weight is 596 g/mol. The SMILES string of the molecule is COc1cc(C2C3=C(CC(C)(C)CC3=O)NC3=C2C(=O)CC(C)(C)C3)cc(Cl)c1Oc1ccc([N+](=O)[O-])cc1[N+](=O)[O-]. The Morgan fingerprint density at radius 1 is 0.857 bits per heavy atom. The van der Waals surface area contributed by atoms with E-state index in [-0.39, 0.29) is 44.7 Å². The lowest BCUT2D eigenvalue weighted by Crippen LogP contribution is -2.42. The van der Waals surface area contributed by atoms with E-state index in [0.717, 1.165) is 29.6 Å². The molecule has 0 fully saturated rings. The lowest BCUT2D eigenvalue weighted by molar-refractivity contribution is -0.394. The topological polar surface area (TPSA) is 151 Å². The molecule has 0 bridgehead atoms. The Morgan fingerprint density at radius 2 is 1.43 bits per heavy atom. The molecule has 1 heterocycles. The second-order valence-electron chi connectivity index (χ2n) is 12.5. The van der Waals surface area contributed by atoms with Crippen molar-refractivity contribution in [2.24, 2.45) is 10.8 Å². The minimum Gasteiger partial charge on any atom is -0.493 e. The Balaban J connectivity index is 1.65. The van der Waals surface area contributed by atoms with E-state index in [1.165, 1.54) is 7.11 Å². The number of benzene rings is 2.